The molecule has 36 heavy (non-hydrogen) atoms. The minimum Gasteiger partial charge on any atom is -0.444 e. The highest BCUT2D eigenvalue weighted by atomic mass is 16.6. The average molecular weight is 499 g/mol. The lowest BCUT2D eigenvalue weighted by Crippen LogP contribution is -2.58. The van der Waals surface area contributed by atoms with Crippen LogP contribution in [0, 0.1) is 5.92 Å². The van der Waals surface area contributed by atoms with Gasteiger partial charge in [-0.2, -0.15) is 0 Å². The lowest BCUT2D eigenvalue weighted by Gasteiger charge is -2.27. The number of benzene rings is 1. The van der Waals surface area contributed by atoms with Crippen LogP contribution < -0.4 is 16.0 Å². The van der Waals surface area contributed by atoms with Crippen LogP contribution in [0.2, 0.25) is 0 Å². The number of carbonyl (C=O) groups is 3. The van der Waals surface area contributed by atoms with E-state index in [1.54, 1.807) is 27.0 Å². The van der Waals surface area contributed by atoms with Gasteiger partial charge in [0.25, 0.3) is 0 Å². The molecule has 2 rings (SSSR count). The van der Waals surface area contributed by atoms with Gasteiger partial charge in [-0.15, -0.1) is 0 Å². The predicted molar refractivity (Wildman–Crippen MR) is 138 cm³/mol. The number of hydrogen-bond donors (Lipinski definition) is 4. The zero-order valence-electron chi connectivity index (χ0n) is 21.9. The average Bonchev–Trinajstić information content (AvgIpc) is 2.77. The Hall–Kier alpha value is -3.46. The Morgan fingerprint density at radius 3 is 2.31 bits per heavy atom. The van der Waals surface area contributed by atoms with E-state index in [2.05, 4.69) is 20.9 Å². The molecule has 2 unspecified atom stereocenters. The Balaban J connectivity index is 2.05. The monoisotopic (exact) mass is 498 g/mol. The zero-order chi connectivity index (χ0) is 26.9. The van der Waals surface area contributed by atoms with Gasteiger partial charge in [0.05, 0.1) is 18.2 Å². The van der Waals surface area contributed by atoms with Gasteiger partial charge in [0.15, 0.2) is 0 Å². The molecule has 9 nitrogen and oxygen atoms in total. The molecule has 1 aromatic carbocycles. The molecule has 0 aliphatic carbocycles. The van der Waals surface area contributed by atoms with Crippen molar-refractivity contribution < 1.29 is 24.2 Å². The summed E-state index contributed by atoms with van der Waals surface area (Å²) in [5, 5.41) is 18.1. The summed E-state index contributed by atoms with van der Waals surface area (Å²) >= 11 is 0. The standard InChI is InChI=1S/C27H38N4O5/c1-17(2)14-22(29-26(35)36-27(4,5)6)25(34)31-24(18(3)32)30-23(33)16-19-10-9-11-20(15-19)21-12-7-8-13-28-21/h7-13,15,17-18,22,24,32H,14,16H2,1-6H3,(H,29,35)(H,30,33)(H,31,34)/t18?,22-,24?/m0/s1. The minimum atomic E-state index is -1.07. The van der Waals surface area contributed by atoms with Crippen LogP contribution in [0.4, 0.5) is 4.79 Å². The lowest BCUT2D eigenvalue weighted by atomic mass is 10.0. The molecule has 1 heterocycles. The number of hydrogen-bond acceptors (Lipinski definition) is 6. The van der Waals surface area contributed by atoms with Crippen LogP contribution in [0.1, 0.15) is 53.5 Å². The van der Waals surface area contributed by atoms with Crippen LogP contribution in [0.3, 0.4) is 0 Å². The Labute approximate surface area is 213 Å². The van der Waals surface area contributed by atoms with Gasteiger partial charge in [0.2, 0.25) is 11.8 Å². The van der Waals surface area contributed by atoms with Crippen LogP contribution in [-0.4, -0.2) is 51.9 Å². The molecule has 3 amide bonds. The van der Waals surface area contributed by atoms with Crippen molar-refractivity contribution in [3.05, 3.63) is 54.2 Å². The van der Waals surface area contributed by atoms with E-state index in [9.17, 15) is 19.5 Å². The van der Waals surface area contributed by atoms with Crippen LogP contribution in [0.25, 0.3) is 11.3 Å². The van der Waals surface area contributed by atoms with Crippen molar-refractivity contribution in [1.29, 1.82) is 0 Å². The van der Waals surface area contributed by atoms with Gasteiger partial charge < -0.3 is 25.8 Å². The third-order valence-corrected chi connectivity index (χ3v) is 5.06. The summed E-state index contributed by atoms with van der Waals surface area (Å²) in [5.41, 5.74) is 1.72. The molecule has 0 aliphatic heterocycles. The van der Waals surface area contributed by atoms with Crippen molar-refractivity contribution in [3.63, 3.8) is 0 Å². The number of nitrogens with one attached hydrogen (secondary N) is 3. The smallest absolute Gasteiger partial charge is 0.408 e. The summed E-state index contributed by atoms with van der Waals surface area (Å²) in [5.74, 6) is -0.806. The Morgan fingerprint density at radius 2 is 1.72 bits per heavy atom. The number of aliphatic hydroxyl groups excluding tert-OH is 1. The quantitative estimate of drug-likeness (QED) is 0.372. The second-order valence-corrected chi connectivity index (χ2v) is 10.2. The molecule has 0 fully saturated rings. The maximum Gasteiger partial charge on any atom is 0.408 e. The Morgan fingerprint density at radius 1 is 1.00 bits per heavy atom. The van der Waals surface area contributed by atoms with Crippen molar-refractivity contribution in [1.82, 2.24) is 20.9 Å². The van der Waals surface area contributed by atoms with Crippen molar-refractivity contribution >= 4 is 17.9 Å². The second-order valence-electron chi connectivity index (χ2n) is 10.2. The SMILES string of the molecule is CC(C)C[C@H](NC(=O)OC(C)(C)C)C(=O)NC(NC(=O)Cc1cccc(-c2ccccn2)c1)C(C)O. The second kappa shape index (κ2) is 13.0. The van der Waals surface area contributed by atoms with E-state index in [0.717, 1.165) is 16.8 Å². The van der Waals surface area contributed by atoms with E-state index < -0.39 is 35.9 Å². The number of alkyl carbamates (subject to hydrolysis) is 1. The van der Waals surface area contributed by atoms with Crippen molar-refractivity contribution in [3.8, 4) is 11.3 Å². The molecule has 0 spiro atoms. The fraction of sp³-hybridized carbons (Fsp3) is 0.481. The van der Waals surface area contributed by atoms with Crippen LogP contribution in [-0.2, 0) is 20.7 Å². The fourth-order valence-electron chi connectivity index (χ4n) is 3.47. The summed E-state index contributed by atoms with van der Waals surface area (Å²) in [6, 6.07) is 12.2. The highest BCUT2D eigenvalue weighted by Crippen LogP contribution is 2.18. The van der Waals surface area contributed by atoms with E-state index in [4.69, 9.17) is 4.74 Å². The van der Waals surface area contributed by atoms with E-state index in [1.165, 1.54) is 6.92 Å². The number of rotatable bonds is 10. The summed E-state index contributed by atoms with van der Waals surface area (Å²) < 4.78 is 5.27. The maximum atomic E-state index is 13.0. The molecule has 0 aliphatic rings. The number of carbonyl (C=O) groups excluding carboxylic acids is 3. The molecule has 3 atom stereocenters. The van der Waals surface area contributed by atoms with Crippen molar-refractivity contribution in [2.75, 3.05) is 0 Å². The molecule has 0 saturated carbocycles. The zero-order valence-corrected chi connectivity index (χ0v) is 21.9. The number of amides is 3. The third kappa shape index (κ3) is 10.0. The summed E-state index contributed by atoms with van der Waals surface area (Å²) in [6.07, 6.45) is -0.724. The van der Waals surface area contributed by atoms with Crippen LogP contribution in [0.15, 0.2) is 48.7 Å². The molecule has 2 aromatic rings. The highest BCUT2D eigenvalue weighted by Gasteiger charge is 2.28. The van der Waals surface area contributed by atoms with E-state index >= 15 is 0 Å². The first-order chi connectivity index (χ1) is 16.8. The van der Waals surface area contributed by atoms with E-state index in [1.807, 2.05) is 56.3 Å². The first-order valence-electron chi connectivity index (χ1n) is 12.1. The number of ether oxygens (including phenoxy) is 1. The minimum absolute atomic E-state index is 0.0470. The van der Waals surface area contributed by atoms with Crippen LogP contribution in [0.5, 0.6) is 0 Å². The molecular weight excluding hydrogens is 460 g/mol. The maximum absolute atomic E-state index is 13.0. The number of nitrogens with zero attached hydrogens (tertiary/aromatic N) is 1. The molecule has 9 heteroatoms. The van der Waals surface area contributed by atoms with E-state index in [-0.39, 0.29) is 18.2 Å². The van der Waals surface area contributed by atoms with Gasteiger partial charge in [-0.3, -0.25) is 14.6 Å². The van der Waals surface area contributed by atoms with Gasteiger partial charge in [-0.1, -0.05) is 38.1 Å². The predicted octanol–water partition coefficient (Wildman–Crippen LogP) is 3.17. The molecule has 0 radical (unpaired) electrons. The Bertz CT molecular complexity index is 1020. The van der Waals surface area contributed by atoms with Crippen molar-refractivity contribution in [2.24, 2.45) is 5.92 Å². The topological polar surface area (TPSA) is 130 Å². The van der Waals surface area contributed by atoms with Gasteiger partial charge in [-0.05, 0) is 63.8 Å². The molecule has 0 saturated heterocycles. The number of pyridine rings is 1. The van der Waals surface area contributed by atoms with Gasteiger partial charge in [0.1, 0.15) is 17.8 Å². The number of aromatic nitrogens is 1. The summed E-state index contributed by atoms with van der Waals surface area (Å²) in [4.78, 5) is 42.3. The molecule has 4 N–H and O–H groups in total. The normalized spacial score (nSPS) is 13.9. The highest BCUT2D eigenvalue weighted by molar-refractivity contribution is 5.86. The van der Waals surface area contributed by atoms with Crippen molar-refractivity contribution in [2.45, 2.75) is 78.3 Å². The number of aliphatic hydroxyl groups is 1. The molecule has 1 aromatic heterocycles. The van der Waals surface area contributed by atoms with Crippen LogP contribution >= 0.6 is 0 Å². The molecule has 0 bridgehead atoms. The largest absolute Gasteiger partial charge is 0.444 e. The first-order valence-corrected chi connectivity index (χ1v) is 12.1. The molecule has 196 valence electrons. The third-order valence-electron chi connectivity index (χ3n) is 5.06. The fourth-order valence-corrected chi connectivity index (χ4v) is 3.47. The first kappa shape index (κ1) is 28.8. The van der Waals surface area contributed by atoms with Gasteiger partial charge >= 0.3 is 6.09 Å². The Kier molecular flexibility index (Phi) is 10.4. The van der Waals surface area contributed by atoms with Gasteiger partial charge in [-0.25, -0.2) is 4.79 Å². The van der Waals surface area contributed by atoms with Gasteiger partial charge in [0, 0.05) is 11.8 Å². The molecular formula is C27H38N4O5. The van der Waals surface area contributed by atoms with E-state index in [0.29, 0.717) is 6.42 Å². The summed E-state index contributed by atoms with van der Waals surface area (Å²) in [7, 11) is 0. The summed E-state index contributed by atoms with van der Waals surface area (Å²) in [6.45, 7) is 10.5. The lowest BCUT2D eigenvalue weighted by molar-refractivity contribution is -0.127.